The van der Waals surface area contributed by atoms with Crippen LogP contribution in [0.1, 0.15) is 65.7 Å². The van der Waals surface area contributed by atoms with Crippen molar-refractivity contribution < 1.29 is 4.79 Å². The van der Waals surface area contributed by atoms with Crippen molar-refractivity contribution in [2.24, 2.45) is 17.8 Å². The van der Waals surface area contributed by atoms with Gasteiger partial charge in [-0.3, -0.25) is 9.69 Å². The van der Waals surface area contributed by atoms with Crippen LogP contribution >= 0.6 is 0 Å². The zero-order chi connectivity index (χ0) is 18.5. The van der Waals surface area contributed by atoms with Gasteiger partial charge in [-0.05, 0) is 83.0 Å². The van der Waals surface area contributed by atoms with Crippen LogP contribution in [0.25, 0.3) is 0 Å². The van der Waals surface area contributed by atoms with E-state index in [1.807, 2.05) is 0 Å². The van der Waals surface area contributed by atoms with Crippen LogP contribution in [-0.2, 0) is 4.79 Å². The molecular formula is C22H41N3O. The average Bonchev–Trinajstić information content (AvgIpc) is 2.89. The molecule has 0 spiro atoms. The van der Waals surface area contributed by atoms with Crippen molar-refractivity contribution in [2.45, 2.75) is 71.8 Å². The van der Waals surface area contributed by atoms with Crippen LogP contribution in [-0.4, -0.2) is 72.5 Å². The predicted octanol–water partition coefficient (Wildman–Crippen LogP) is 3.47. The molecule has 3 atom stereocenters. The van der Waals surface area contributed by atoms with E-state index in [1.165, 1.54) is 64.6 Å². The Morgan fingerprint density at radius 1 is 0.923 bits per heavy atom. The van der Waals surface area contributed by atoms with Gasteiger partial charge in [0.15, 0.2) is 0 Å². The average molecular weight is 364 g/mol. The zero-order valence-corrected chi connectivity index (χ0v) is 17.5. The highest BCUT2D eigenvalue weighted by Gasteiger charge is 2.32. The van der Waals surface area contributed by atoms with Gasteiger partial charge in [-0.15, -0.1) is 0 Å². The fraction of sp³-hybridized carbons (Fsp3) is 0.955. The first-order chi connectivity index (χ1) is 12.5. The molecule has 0 aromatic rings. The number of carbonyl (C=O) groups excluding carboxylic acids is 1. The Balaban J connectivity index is 1.44. The Bertz CT molecular complexity index is 429. The number of hydrogen-bond donors (Lipinski definition) is 0. The van der Waals surface area contributed by atoms with Crippen LogP contribution in [0.5, 0.6) is 0 Å². The van der Waals surface area contributed by atoms with Gasteiger partial charge in [-0.1, -0.05) is 26.7 Å². The third kappa shape index (κ3) is 5.45. The van der Waals surface area contributed by atoms with Crippen molar-refractivity contribution in [3.63, 3.8) is 0 Å². The van der Waals surface area contributed by atoms with E-state index in [2.05, 4.69) is 35.5 Å². The molecule has 0 aromatic carbocycles. The van der Waals surface area contributed by atoms with Crippen molar-refractivity contribution >= 4 is 5.91 Å². The first-order valence-corrected chi connectivity index (χ1v) is 11.3. The van der Waals surface area contributed by atoms with Gasteiger partial charge in [0, 0.05) is 19.6 Å². The Hall–Kier alpha value is -0.610. The van der Waals surface area contributed by atoms with Crippen LogP contribution in [0, 0.1) is 17.8 Å². The summed E-state index contributed by atoms with van der Waals surface area (Å²) in [6.07, 6.45) is 9.40. The van der Waals surface area contributed by atoms with E-state index >= 15 is 0 Å². The molecule has 0 N–H and O–H groups in total. The molecule has 3 fully saturated rings. The van der Waals surface area contributed by atoms with Crippen molar-refractivity contribution in [2.75, 3.05) is 45.8 Å². The smallest absolute Gasteiger partial charge is 0.239 e. The number of hydrogen-bond acceptors (Lipinski definition) is 3. The van der Waals surface area contributed by atoms with Gasteiger partial charge >= 0.3 is 0 Å². The molecule has 0 radical (unpaired) electrons. The topological polar surface area (TPSA) is 26.8 Å². The Kier molecular flexibility index (Phi) is 7.39. The molecule has 3 aliphatic rings. The molecule has 3 aliphatic heterocycles. The minimum Gasteiger partial charge on any atom is -0.341 e. The molecular weight excluding hydrogens is 322 g/mol. The van der Waals surface area contributed by atoms with E-state index < -0.39 is 0 Å². The molecule has 4 heteroatoms. The number of nitrogens with zero attached hydrogens (tertiary/aromatic N) is 3. The molecule has 0 aliphatic carbocycles. The first-order valence-electron chi connectivity index (χ1n) is 11.3. The SMILES string of the molecule is CC1CC(C)CN(C(=O)C(C)N2CCC(CN3CCCCCC3)CC2)C1. The third-order valence-corrected chi connectivity index (χ3v) is 6.95. The Morgan fingerprint density at radius 2 is 1.50 bits per heavy atom. The maximum absolute atomic E-state index is 13.0. The highest BCUT2D eigenvalue weighted by atomic mass is 16.2. The molecule has 3 unspecified atom stereocenters. The van der Waals surface area contributed by atoms with E-state index in [4.69, 9.17) is 0 Å². The number of piperidine rings is 2. The van der Waals surface area contributed by atoms with Crippen molar-refractivity contribution in [1.82, 2.24) is 14.7 Å². The fourth-order valence-electron chi connectivity index (χ4n) is 5.47. The summed E-state index contributed by atoms with van der Waals surface area (Å²) in [7, 11) is 0. The number of likely N-dealkylation sites (tertiary alicyclic amines) is 3. The number of rotatable bonds is 4. The summed E-state index contributed by atoms with van der Waals surface area (Å²) in [6.45, 7) is 14.7. The molecule has 0 aromatic heterocycles. The second kappa shape index (κ2) is 9.54. The summed E-state index contributed by atoms with van der Waals surface area (Å²) in [4.78, 5) is 20.3. The van der Waals surface area contributed by atoms with Crippen molar-refractivity contribution in [3.8, 4) is 0 Å². The van der Waals surface area contributed by atoms with E-state index in [9.17, 15) is 4.79 Å². The Morgan fingerprint density at radius 3 is 2.08 bits per heavy atom. The van der Waals surface area contributed by atoms with Gasteiger partial charge in [0.1, 0.15) is 0 Å². The summed E-state index contributed by atoms with van der Waals surface area (Å²) < 4.78 is 0. The van der Waals surface area contributed by atoms with Crippen molar-refractivity contribution in [1.29, 1.82) is 0 Å². The summed E-state index contributed by atoms with van der Waals surface area (Å²) in [5, 5.41) is 0. The summed E-state index contributed by atoms with van der Waals surface area (Å²) in [5.41, 5.74) is 0. The number of carbonyl (C=O) groups is 1. The lowest BCUT2D eigenvalue weighted by atomic mass is 9.91. The van der Waals surface area contributed by atoms with Crippen molar-refractivity contribution in [3.05, 3.63) is 0 Å². The highest BCUT2D eigenvalue weighted by molar-refractivity contribution is 5.81. The molecule has 150 valence electrons. The summed E-state index contributed by atoms with van der Waals surface area (Å²) in [6, 6.07) is 0.0617. The summed E-state index contributed by atoms with van der Waals surface area (Å²) in [5.74, 6) is 2.50. The standard InChI is InChI=1S/C22H41N3O/c1-18-14-19(2)16-25(15-18)22(26)20(3)24-12-8-21(9-13-24)17-23-10-6-4-5-7-11-23/h18-21H,4-17H2,1-3H3. The van der Waals surface area contributed by atoms with Crippen LogP contribution in [0.4, 0.5) is 0 Å². The van der Waals surface area contributed by atoms with Crippen LogP contribution in [0.3, 0.4) is 0 Å². The van der Waals surface area contributed by atoms with Gasteiger partial charge in [0.05, 0.1) is 6.04 Å². The van der Waals surface area contributed by atoms with E-state index in [0.717, 1.165) is 32.1 Å². The third-order valence-electron chi connectivity index (χ3n) is 6.95. The second-order valence-corrected chi connectivity index (χ2v) is 9.56. The lowest BCUT2D eigenvalue weighted by Crippen LogP contribution is -2.53. The minimum atomic E-state index is 0.0617. The van der Waals surface area contributed by atoms with Crippen LogP contribution in [0.15, 0.2) is 0 Å². The quantitative estimate of drug-likeness (QED) is 0.765. The molecule has 3 heterocycles. The first kappa shape index (κ1) is 20.1. The zero-order valence-electron chi connectivity index (χ0n) is 17.5. The molecule has 3 rings (SSSR count). The monoisotopic (exact) mass is 363 g/mol. The normalized spacial score (nSPS) is 31.6. The molecule has 0 saturated carbocycles. The maximum atomic E-state index is 13.0. The minimum absolute atomic E-state index is 0.0617. The van der Waals surface area contributed by atoms with Gasteiger partial charge < -0.3 is 9.80 Å². The molecule has 4 nitrogen and oxygen atoms in total. The molecule has 3 saturated heterocycles. The molecule has 0 bridgehead atoms. The van der Waals surface area contributed by atoms with Gasteiger partial charge in [-0.25, -0.2) is 0 Å². The van der Waals surface area contributed by atoms with Crippen LogP contribution < -0.4 is 0 Å². The Labute approximate surface area is 161 Å². The largest absolute Gasteiger partial charge is 0.341 e. The van der Waals surface area contributed by atoms with Crippen LogP contribution in [0.2, 0.25) is 0 Å². The second-order valence-electron chi connectivity index (χ2n) is 9.56. The van der Waals surface area contributed by atoms with Gasteiger partial charge in [-0.2, -0.15) is 0 Å². The predicted molar refractivity (Wildman–Crippen MR) is 108 cm³/mol. The molecule has 1 amide bonds. The van der Waals surface area contributed by atoms with E-state index in [1.54, 1.807) is 0 Å². The highest BCUT2D eigenvalue weighted by Crippen LogP contribution is 2.25. The maximum Gasteiger partial charge on any atom is 0.239 e. The lowest BCUT2D eigenvalue weighted by molar-refractivity contribution is -0.139. The number of amides is 1. The van der Waals surface area contributed by atoms with Gasteiger partial charge in [0.2, 0.25) is 5.91 Å². The van der Waals surface area contributed by atoms with E-state index in [0.29, 0.717) is 17.7 Å². The van der Waals surface area contributed by atoms with Gasteiger partial charge in [0.25, 0.3) is 0 Å². The fourth-order valence-corrected chi connectivity index (χ4v) is 5.47. The summed E-state index contributed by atoms with van der Waals surface area (Å²) >= 11 is 0. The lowest BCUT2D eigenvalue weighted by Gasteiger charge is -2.41. The molecule has 26 heavy (non-hydrogen) atoms. The van der Waals surface area contributed by atoms with E-state index in [-0.39, 0.29) is 6.04 Å².